The van der Waals surface area contributed by atoms with Crippen LogP contribution in [0.15, 0.2) is 78.0 Å². The predicted octanol–water partition coefficient (Wildman–Crippen LogP) is 4.16. The minimum absolute atomic E-state index is 0. The van der Waals surface area contributed by atoms with E-state index in [-0.39, 0.29) is 24.0 Å². The molecular formula is C24H28IN7. The number of guanidine groups is 1. The van der Waals surface area contributed by atoms with Crippen LogP contribution in [-0.4, -0.2) is 32.6 Å². The molecule has 2 aromatic carbocycles. The van der Waals surface area contributed by atoms with Crippen molar-refractivity contribution in [2.24, 2.45) is 4.99 Å². The number of benzene rings is 2. The van der Waals surface area contributed by atoms with Gasteiger partial charge in [-0.05, 0) is 43.7 Å². The summed E-state index contributed by atoms with van der Waals surface area (Å²) in [4.78, 5) is 4.35. The van der Waals surface area contributed by atoms with Crippen LogP contribution < -0.4 is 10.6 Å². The molecule has 0 aliphatic carbocycles. The quantitative estimate of drug-likeness (QED) is 0.219. The molecule has 7 nitrogen and oxygen atoms in total. The number of para-hydroxylation sites is 2. The number of hydrogen-bond acceptors (Lipinski definition) is 3. The van der Waals surface area contributed by atoms with Crippen molar-refractivity contribution >= 4 is 29.9 Å². The number of halogens is 1. The van der Waals surface area contributed by atoms with E-state index in [0.717, 1.165) is 39.8 Å². The molecule has 0 saturated carbocycles. The molecule has 0 aliphatic heterocycles. The zero-order valence-corrected chi connectivity index (χ0v) is 20.8. The molecule has 166 valence electrons. The van der Waals surface area contributed by atoms with Gasteiger partial charge in [-0.3, -0.25) is 4.99 Å². The standard InChI is InChI=1S/C24H27N7.HI/c1-18-13-19(2)31(29-18)23-12-8-7-9-21(23)16-27-24(25-3)26-14-20-15-28-30(17-20)22-10-5-4-6-11-22;/h4-13,15,17H,14,16H2,1-3H3,(H2,25,26,27);1H. The van der Waals surface area contributed by atoms with Crippen LogP contribution in [0.3, 0.4) is 0 Å². The van der Waals surface area contributed by atoms with Gasteiger partial charge in [-0.15, -0.1) is 24.0 Å². The third kappa shape index (κ3) is 5.56. The van der Waals surface area contributed by atoms with E-state index < -0.39 is 0 Å². The number of aromatic nitrogens is 4. The van der Waals surface area contributed by atoms with E-state index in [4.69, 9.17) is 0 Å². The van der Waals surface area contributed by atoms with Gasteiger partial charge in [0.25, 0.3) is 0 Å². The SMILES string of the molecule is CN=C(NCc1cnn(-c2ccccc2)c1)NCc1ccccc1-n1nc(C)cc1C.I. The summed E-state index contributed by atoms with van der Waals surface area (Å²) < 4.78 is 3.86. The van der Waals surface area contributed by atoms with Gasteiger partial charge in [0.15, 0.2) is 5.96 Å². The molecule has 2 N–H and O–H groups in total. The summed E-state index contributed by atoms with van der Waals surface area (Å²) in [6.45, 7) is 5.35. The van der Waals surface area contributed by atoms with Gasteiger partial charge in [-0.25, -0.2) is 9.36 Å². The van der Waals surface area contributed by atoms with Crippen molar-refractivity contribution in [1.29, 1.82) is 0 Å². The zero-order valence-electron chi connectivity index (χ0n) is 18.5. The number of nitrogens with one attached hydrogen (secondary N) is 2. The summed E-state index contributed by atoms with van der Waals surface area (Å²) in [6.07, 6.45) is 3.89. The highest BCUT2D eigenvalue weighted by Gasteiger charge is 2.09. The van der Waals surface area contributed by atoms with Gasteiger partial charge in [-0.1, -0.05) is 36.4 Å². The lowest BCUT2D eigenvalue weighted by Gasteiger charge is -2.14. The van der Waals surface area contributed by atoms with Crippen LogP contribution in [0, 0.1) is 13.8 Å². The summed E-state index contributed by atoms with van der Waals surface area (Å²) in [6, 6.07) is 20.4. The third-order valence-corrected chi connectivity index (χ3v) is 5.02. The first-order valence-corrected chi connectivity index (χ1v) is 10.3. The van der Waals surface area contributed by atoms with Crippen LogP contribution in [-0.2, 0) is 13.1 Å². The number of nitrogens with zero attached hydrogens (tertiary/aromatic N) is 5. The van der Waals surface area contributed by atoms with Gasteiger partial charge in [0.05, 0.1) is 23.3 Å². The highest BCUT2D eigenvalue weighted by Crippen LogP contribution is 2.17. The summed E-state index contributed by atoms with van der Waals surface area (Å²) in [5, 5.41) is 15.8. The molecule has 0 bridgehead atoms. The Morgan fingerprint density at radius 1 is 0.969 bits per heavy atom. The Balaban J connectivity index is 0.00000289. The maximum absolute atomic E-state index is 4.63. The van der Waals surface area contributed by atoms with Crippen molar-refractivity contribution < 1.29 is 0 Å². The van der Waals surface area contributed by atoms with E-state index in [1.807, 2.05) is 71.1 Å². The van der Waals surface area contributed by atoms with Crippen LogP contribution >= 0.6 is 24.0 Å². The molecule has 0 spiro atoms. The normalized spacial score (nSPS) is 11.2. The molecule has 2 heterocycles. The highest BCUT2D eigenvalue weighted by molar-refractivity contribution is 14.0. The van der Waals surface area contributed by atoms with Crippen LogP contribution in [0.25, 0.3) is 11.4 Å². The molecule has 0 aliphatic rings. The summed E-state index contributed by atoms with van der Waals surface area (Å²) in [7, 11) is 1.77. The second-order valence-electron chi connectivity index (χ2n) is 7.38. The lowest BCUT2D eigenvalue weighted by molar-refractivity contribution is 0.781. The Kier molecular flexibility index (Phi) is 8.04. The lowest BCUT2D eigenvalue weighted by Crippen LogP contribution is -2.36. The lowest BCUT2D eigenvalue weighted by atomic mass is 10.1. The fraction of sp³-hybridized carbons (Fsp3) is 0.208. The average Bonchev–Trinajstić information content (AvgIpc) is 3.40. The first-order chi connectivity index (χ1) is 15.1. The molecule has 0 amide bonds. The Morgan fingerprint density at radius 2 is 1.69 bits per heavy atom. The van der Waals surface area contributed by atoms with Gasteiger partial charge in [0, 0.05) is 37.6 Å². The fourth-order valence-corrected chi connectivity index (χ4v) is 3.50. The maximum atomic E-state index is 4.63. The molecule has 0 radical (unpaired) electrons. The van der Waals surface area contributed by atoms with E-state index in [1.165, 1.54) is 0 Å². The van der Waals surface area contributed by atoms with Gasteiger partial charge < -0.3 is 10.6 Å². The van der Waals surface area contributed by atoms with Gasteiger partial charge in [-0.2, -0.15) is 10.2 Å². The fourth-order valence-electron chi connectivity index (χ4n) is 3.50. The molecule has 32 heavy (non-hydrogen) atoms. The predicted molar refractivity (Wildman–Crippen MR) is 139 cm³/mol. The van der Waals surface area contributed by atoms with Crippen LogP contribution in [0.5, 0.6) is 0 Å². The number of aliphatic imine (C=N–C) groups is 1. The molecule has 0 atom stereocenters. The van der Waals surface area contributed by atoms with Crippen molar-refractivity contribution in [3.63, 3.8) is 0 Å². The smallest absolute Gasteiger partial charge is 0.191 e. The summed E-state index contributed by atoms with van der Waals surface area (Å²) >= 11 is 0. The monoisotopic (exact) mass is 541 g/mol. The Hall–Kier alpha value is -3.14. The minimum atomic E-state index is 0. The van der Waals surface area contributed by atoms with Crippen molar-refractivity contribution in [3.05, 3.63) is 95.6 Å². The van der Waals surface area contributed by atoms with Gasteiger partial charge in [0.2, 0.25) is 0 Å². The number of hydrogen-bond donors (Lipinski definition) is 2. The van der Waals surface area contributed by atoms with E-state index in [2.05, 4.69) is 50.9 Å². The topological polar surface area (TPSA) is 72.1 Å². The number of rotatable bonds is 6. The third-order valence-electron chi connectivity index (χ3n) is 5.02. The largest absolute Gasteiger partial charge is 0.352 e. The first-order valence-electron chi connectivity index (χ1n) is 10.3. The van der Waals surface area contributed by atoms with Crippen molar-refractivity contribution in [1.82, 2.24) is 30.2 Å². The van der Waals surface area contributed by atoms with E-state index in [9.17, 15) is 0 Å². The Morgan fingerprint density at radius 3 is 2.41 bits per heavy atom. The second kappa shape index (κ2) is 10.9. The Bertz CT molecular complexity index is 1180. The molecule has 2 aromatic heterocycles. The molecule has 0 fully saturated rings. The van der Waals surface area contributed by atoms with E-state index in [0.29, 0.717) is 13.1 Å². The molecule has 0 unspecified atom stereocenters. The summed E-state index contributed by atoms with van der Waals surface area (Å²) in [5.41, 5.74) is 6.46. The van der Waals surface area contributed by atoms with Crippen molar-refractivity contribution in [3.8, 4) is 11.4 Å². The maximum Gasteiger partial charge on any atom is 0.191 e. The number of aryl methyl sites for hydroxylation is 2. The molecule has 4 aromatic rings. The molecule has 0 saturated heterocycles. The van der Waals surface area contributed by atoms with E-state index in [1.54, 1.807) is 7.05 Å². The summed E-state index contributed by atoms with van der Waals surface area (Å²) in [5.74, 6) is 0.732. The van der Waals surface area contributed by atoms with Crippen LogP contribution in [0.4, 0.5) is 0 Å². The molecule has 4 rings (SSSR count). The zero-order chi connectivity index (χ0) is 21.6. The minimum Gasteiger partial charge on any atom is -0.352 e. The van der Waals surface area contributed by atoms with Crippen molar-refractivity contribution in [2.45, 2.75) is 26.9 Å². The van der Waals surface area contributed by atoms with Gasteiger partial charge in [0.1, 0.15) is 0 Å². The molecular weight excluding hydrogens is 513 g/mol. The van der Waals surface area contributed by atoms with E-state index >= 15 is 0 Å². The first kappa shape index (κ1) is 23.5. The highest BCUT2D eigenvalue weighted by atomic mass is 127. The molecule has 8 heteroatoms. The second-order valence-corrected chi connectivity index (χ2v) is 7.38. The average molecular weight is 541 g/mol. The van der Waals surface area contributed by atoms with Crippen LogP contribution in [0.2, 0.25) is 0 Å². The van der Waals surface area contributed by atoms with Crippen molar-refractivity contribution in [2.75, 3.05) is 7.05 Å². The Labute approximate surface area is 205 Å². The van der Waals surface area contributed by atoms with Gasteiger partial charge >= 0.3 is 0 Å². The van der Waals surface area contributed by atoms with Crippen LogP contribution in [0.1, 0.15) is 22.5 Å².